The van der Waals surface area contributed by atoms with E-state index in [1.807, 2.05) is 37.8 Å². The van der Waals surface area contributed by atoms with Gasteiger partial charge in [0.05, 0.1) is 13.2 Å². The molecule has 3 rings (SSSR count). The Hall–Kier alpha value is -2.04. The van der Waals surface area contributed by atoms with Crippen molar-refractivity contribution in [2.45, 2.75) is 38.8 Å². The Kier molecular flexibility index (Phi) is 3.59. The summed E-state index contributed by atoms with van der Waals surface area (Å²) in [5, 5.41) is 0. The van der Waals surface area contributed by atoms with Gasteiger partial charge in [-0.05, 0) is 50.3 Å². The topological polar surface area (TPSA) is 51.7 Å². The number of amides is 1. The van der Waals surface area contributed by atoms with E-state index >= 15 is 0 Å². The van der Waals surface area contributed by atoms with Crippen molar-refractivity contribution in [1.82, 2.24) is 9.88 Å². The predicted octanol–water partition coefficient (Wildman–Crippen LogP) is 3.11. The molecule has 1 amide bonds. The number of carbonyl (C=O) groups is 1. The molecule has 0 radical (unpaired) electrons. The molecular weight excluding hydrogens is 280 g/mol. The summed E-state index contributed by atoms with van der Waals surface area (Å²) in [4.78, 5) is 18.5. The minimum absolute atomic E-state index is 0.0926. The van der Waals surface area contributed by atoms with Crippen LogP contribution in [0.2, 0.25) is 0 Å². The molecule has 2 heterocycles. The number of aromatic nitrogens is 1. The van der Waals surface area contributed by atoms with Gasteiger partial charge in [0.15, 0.2) is 0 Å². The summed E-state index contributed by atoms with van der Waals surface area (Å²) in [5.74, 6) is 1.01. The first-order valence-corrected chi connectivity index (χ1v) is 7.59. The molecule has 0 saturated carbocycles. The van der Waals surface area contributed by atoms with Crippen molar-refractivity contribution in [2.24, 2.45) is 5.92 Å². The average molecular weight is 302 g/mol. The smallest absolute Gasteiger partial charge is 0.410 e. The second-order valence-corrected chi connectivity index (χ2v) is 6.86. The second-order valence-electron chi connectivity index (χ2n) is 6.86. The van der Waals surface area contributed by atoms with Gasteiger partial charge in [-0.25, -0.2) is 9.78 Å². The Labute approximate surface area is 130 Å². The summed E-state index contributed by atoms with van der Waals surface area (Å²) in [7, 11) is 1.60. The molecule has 5 heteroatoms. The number of pyridine rings is 1. The number of ether oxygens (including phenoxy) is 2. The Bertz CT molecular complexity index is 601. The van der Waals surface area contributed by atoms with Gasteiger partial charge >= 0.3 is 6.09 Å². The lowest BCUT2D eigenvalue weighted by atomic mass is 10.0. The summed E-state index contributed by atoms with van der Waals surface area (Å²) in [6, 6.07) is 3.93. The van der Waals surface area contributed by atoms with E-state index in [9.17, 15) is 4.79 Å². The van der Waals surface area contributed by atoms with Crippen molar-refractivity contribution >= 4 is 11.7 Å². The summed E-state index contributed by atoms with van der Waals surface area (Å²) < 4.78 is 10.6. The van der Waals surface area contributed by atoms with Gasteiger partial charge < -0.3 is 14.4 Å². The standard InChI is InChI=1S/C17H22N2O3/c1-17(2,3)22-16(20)19-10-11-7-13(14(19)8-11)12-5-6-15(21-4)18-9-12/h5-7,9,11,14H,8,10H2,1-4H3/t11-,14-/m1/s1. The SMILES string of the molecule is COc1ccc(C2=C[C@@H]3C[C@H]2N(C(=O)OC(C)(C)C)C3)cn1. The molecule has 1 fully saturated rings. The van der Waals surface area contributed by atoms with E-state index in [2.05, 4.69) is 11.1 Å². The van der Waals surface area contributed by atoms with Crippen LogP contribution in [0.15, 0.2) is 24.4 Å². The summed E-state index contributed by atoms with van der Waals surface area (Å²) in [5.41, 5.74) is 1.74. The van der Waals surface area contributed by atoms with Crippen LogP contribution in [0.25, 0.3) is 5.57 Å². The summed E-state index contributed by atoms with van der Waals surface area (Å²) in [6.45, 7) is 6.42. The van der Waals surface area contributed by atoms with Crippen LogP contribution in [0.3, 0.4) is 0 Å². The lowest BCUT2D eigenvalue weighted by Crippen LogP contribution is -2.41. The lowest BCUT2D eigenvalue weighted by molar-refractivity contribution is 0.0253. The molecule has 1 aliphatic carbocycles. The van der Waals surface area contributed by atoms with Crippen LogP contribution in [0.1, 0.15) is 32.8 Å². The van der Waals surface area contributed by atoms with Crippen LogP contribution >= 0.6 is 0 Å². The van der Waals surface area contributed by atoms with Crippen molar-refractivity contribution in [3.63, 3.8) is 0 Å². The number of hydrogen-bond acceptors (Lipinski definition) is 4. The van der Waals surface area contributed by atoms with E-state index in [1.54, 1.807) is 13.3 Å². The number of nitrogens with zero attached hydrogens (tertiary/aromatic N) is 2. The van der Waals surface area contributed by atoms with Gasteiger partial charge in [-0.3, -0.25) is 0 Å². The molecular formula is C17H22N2O3. The van der Waals surface area contributed by atoms with E-state index < -0.39 is 5.60 Å². The molecule has 1 aromatic rings. The van der Waals surface area contributed by atoms with Gasteiger partial charge in [-0.1, -0.05) is 6.08 Å². The lowest BCUT2D eigenvalue weighted by Gasteiger charge is -2.31. The maximum Gasteiger partial charge on any atom is 0.410 e. The molecule has 2 bridgehead atoms. The molecule has 5 nitrogen and oxygen atoms in total. The van der Waals surface area contributed by atoms with Crippen molar-refractivity contribution in [1.29, 1.82) is 0 Å². The Balaban J connectivity index is 1.78. The van der Waals surface area contributed by atoms with E-state index in [1.165, 1.54) is 0 Å². The van der Waals surface area contributed by atoms with E-state index in [0.29, 0.717) is 11.8 Å². The van der Waals surface area contributed by atoms with Crippen LogP contribution in [-0.2, 0) is 4.74 Å². The minimum Gasteiger partial charge on any atom is -0.481 e. The number of carbonyl (C=O) groups excluding carboxylic acids is 1. The molecule has 2 aliphatic rings. The molecule has 118 valence electrons. The highest BCUT2D eigenvalue weighted by molar-refractivity contribution is 5.79. The van der Waals surface area contributed by atoms with Gasteiger partial charge in [-0.2, -0.15) is 0 Å². The van der Waals surface area contributed by atoms with E-state index in [0.717, 1.165) is 24.1 Å². The van der Waals surface area contributed by atoms with Gasteiger partial charge in [0, 0.05) is 18.8 Å². The number of hydrogen-bond donors (Lipinski definition) is 0. The molecule has 0 aromatic carbocycles. The first-order chi connectivity index (χ1) is 10.4. The van der Waals surface area contributed by atoms with Crippen LogP contribution in [0.4, 0.5) is 4.79 Å². The fourth-order valence-electron chi connectivity index (χ4n) is 3.13. The average Bonchev–Trinajstić information content (AvgIpc) is 3.06. The predicted molar refractivity (Wildman–Crippen MR) is 83.6 cm³/mol. The number of methoxy groups -OCH3 is 1. The number of rotatable bonds is 2. The van der Waals surface area contributed by atoms with Crippen molar-refractivity contribution in [3.8, 4) is 5.88 Å². The van der Waals surface area contributed by atoms with Crippen LogP contribution in [0, 0.1) is 5.92 Å². The zero-order valence-corrected chi connectivity index (χ0v) is 13.5. The molecule has 0 N–H and O–H groups in total. The third-order valence-electron chi connectivity index (χ3n) is 4.01. The van der Waals surface area contributed by atoms with Crippen LogP contribution in [-0.4, -0.2) is 41.3 Å². The van der Waals surface area contributed by atoms with Gasteiger partial charge in [0.25, 0.3) is 0 Å². The van der Waals surface area contributed by atoms with Gasteiger partial charge in [-0.15, -0.1) is 0 Å². The Morgan fingerprint density at radius 1 is 1.36 bits per heavy atom. The van der Waals surface area contributed by atoms with Crippen molar-refractivity contribution < 1.29 is 14.3 Å². The highest BCUT2D eigenvalue weighted by atomic mass is 16.6. The first kappa shape index (κ1) is 14.9. The van der Waals surface area contributed by atoms with Gasteiger partial charge in [0.1, 0.15) is 5.60 Å². The molecule has 22 heavy (non-hydrogen) atoms. The van der Waals surface area contributed by atoms with Crippen molar-refractivity contribution in [3.05, 3.63) is 30.0 Å². The molecule has 1 aromatic heterocycles. The van der Waals surface area contributed by atoms with Crippen molar-refractivity contribution in [2.75, 3.05) is 13.7 Å². The van der Waals surface area contributed by atoms with E-state index in [4.69, 9.17) is 9.47 Å². The second kappa shape index (κ2) is 5.30. The molecule has 2 atom stereocenters. The maximum atomic E-state index is 12.4. The first-order valence-electron chi connectivity index (χ1n) is 7.59. The molecule has 0 unspecified atom stereocenters. The fraction of sp³-hybridized carbons (Fsp3) is 0.529. The van der Waals surface area contributed by atoms with Gasteiger partial charge in [0.2, 0.25) is 5.88 Å². The highest BCUT2D eigenvalue weighted by Crippen LogP contribution is 2.42. The normalized spacial score (nSPS) is 23.5. The molecule has 0 spiro atoms. The Morgan fingerprint density at radius 3 is 2.68 bits per heavy atom. The van der Waals surface area contributed by atoms with Crippen LogP contribution in [0.5, 0.6) is 5.88 Å². The summed E-state index contributed by atoms with van der Waals surface area (Å²) >= 11 is 0. The molecule has 1 saturated heterocycles. The molecule has 1 aliphatic heterocycles. The number of likely N-dealkylation sites (tertiary alicyclic amines) is 1. The highest BCUT2D eigenvalue weighted by Gasteiger charge is 2.43. The zero-order chi connectivity index (χ0) is 15.9. The number of fused-ring (bicyclic) bond motifs is 2. The largest absolute Gasteiger partial charge is 0.481 e. The third kappa shape index (κ3) is 2.80. The third-order valence-corrected chi connectivity index (χ3v) is 4.01. The van der Waals surface area contributed by atoms with E-state index in [-0.39, 0.29) is 12.1 Å². The quantitative estimate of drug-likeness (QED) is 0.842. The monoisotopic (exact) mass is 302 g/mol. The van der Waals surface area contributed by atoms with Crippen LogP contribution < -0.4 is 4.74 Å². The maximum absolute atomic E-state index is 12.4. The summed E-state index contributed by atoms with van der Waals surface area (Å²) in [6.07, 6.45) is 4.81. The minimum atomic E-state index is -0.468. The Morgan fingerprint density at radius 2 is 2.14 bits per heavy atom. The fourth-order valence-corrected chi connectivity index (χ4v) is 3.13. The zero-order valence-electron chi connectivity index (χ0n) is 13.5.